The number of allylic oxidation sites excluding steroid dienone is 3. The molecule has 1 aliphatic carbocycles. The quantitative estimate of drug-likeness (QED) is 0.564. The van der Waals surface area contributed by atoms with E-state index in [4.69, 9.17) is 4.74 Å². The number of rotatable bonds is 1. The normalized spacial score (nSPS) is 15.3. The zero-order valence-electron chi connectivity index (χ0n) is 11.8. The van der Waals surface area contributed by atoms with E-state index in [0.29, 0.717) is 11.3 Å². The third-order valence-corrected chi connectivity index (χ3v) is 4.02. The molecule has 4 rings (SSSR count). The van der Waals surface area contributed by atoms with Crippen molar-refractivity contribution >= 4 is 11.3 Å². The van der Waals surface area contributed by atoms with Crippen molar-refractivity contribution < 1.29 is 9.66 Å². The summed E-state index contributed by atoms with van der Waals surface area (Å²) < 4.78 is 6.05. The fourth-order valence-electron chi connectivity index (χ4n) is 3.07. The third kappa shape index (κ3) is 1.84. The summed E-state index contributed by atoms with van der Waals surface area (Å²) in [5, 5.41) is 11.5. The van der Waals surface area contributed by atoms with E-state index in [9.17, 15) is 10.1 Å². The van der Waals surface area contributed by atoms with Gasteiger partial charge in [-0.2, -0.15) is 0 Å². The summed E-state index contributed by atoms with van der Waals surface area (Å²) in [6.45, 7) is 0. The van der Waals surface area contributed by atoms with Gasteiger partial charge in [-0.15, -0.1) is 0 Å². The molecule has 0 amide bonds. The molecule has 0 unspecified atom stereocenters. The second-order valence-electron chi connectivity index (χ2n) is 5.32. The molecule has 2 aliphatic rings. The number of nitrogens with zero attached hydrogens (tertiary/aromatic N) is 1. The molecule has 0 fully saturated rings. The Labute approximate surface area is 127 Å². The second kappa shape index (κ2) is 4.84. The van der Waals surface area contributed by atoms with Gasteiger partial charge in [0.15, 0.2) is 0 Å². The first-order valence-electron chi connectivity index (χ1n) is 7.21. The highest BCUT2D eigenvalue weighted by Crippen LogP contribution is 2.47. The van der Waals surface area contributed by atoms with Crippen molar-refractivity contribution in [3.8, 4) is 16.9 Å². The summed E-state index contributed by atoms with van der Waals surface area (Å²) in [4.78, 5) is 11.2. The van der Waals surface area contributed by atoms with Crippen molar-refractivity contribution in [2.24, 2.45) is 0 Å². The van der Waals surface area contributed by atoms with Gasteiger partial charge < -0.3 is 4.74 Å². The first-order chi connectivity index (χ1) is 10.8. The van der Waals surface area contributed by atoms with Crippen LogP contribution in [0.5, 0.6) is 5.75 Å². The molecule has 108 valence electrons. The summed E-state index contributed by atoms with van der Waals surface area (Å²) in [7, 11) is 0. The highest BCUT2D eigenvalue weighted by Gasteiger charge is 2.29. The van der Waals surface area contributed by atoms with E-state index in [1.807, 2.05) is 30.3 Å². The molecule has 0 N–H and O–H groups in total. The number of para-hydroxylation sites is 1. The van der Waals surface area contributed by atoms with E-state index < -0.39 is 0 Å². The second-order valence-corrected chi connectivity index (χ2v) is 5.32. The number of nitro groups is 1. The molecular formula is C18H13NO3. The maximum atomic E-state index is 11.5. The fourth-order valence-corrected chi connectivity index (χ4v) is 3.07. The Morgan fingerprint density at radius 1 is 0.955 bits per heavy atom. The minimum Gasteiger partial charge on any atom is -0.456 e. The minimum atomic E-state index is -0.326. The van der Waals surface area contributed by atoms with Crippen molar-refractivity contribution in [1.82, 2.24) is 0 Å². The number of benzene rings is 2. The number of hydrogen-bond donors (Lipinski definition) is 0. The Hall–Kier alpha value is -2.88. The van der Waals surface area contributed by atoms with E-state index in [-0.39, 0.29) is 10.6 Å². The Kier molecular flexibility index (Phi) is 2.82. The highest BCUT2D eigenvalue weighted by atomic mass is 16.6. The number of nitro benzene ring substituents is 1. The van der Waals surface area contributed by atoms with Gasteiger partial charge in [0.05, 0.1) is 10.5 Å². The minimum absolute atomic E-state index is 0.112. The number of ether oxygens (including phenoxy) is 1. The van der Waals surface area contributed by atoms with Crippen molar-refractivity contribution in [2.45, 2.75) is 12.8 Å². The molecular weight excluding hydrogens is 278 g/mol. The lowest BCUT2D eigenvalue weighted by atomic mass is 9.90. The highest BCUT2D eigenvalue weighted by molar-refractivity contribution is 5.95. The molecule has 2 aromatic carbocycles. The van der Waals surface area contributed by atoms with Crippen LogP contribution in [-0.4, -0.2) is 4.92 Å². The van der Waals surface area contributed by atoms with Gasteiger partial charge in [0.25, 0.3) is 5.69 Å². The van der Waals surface area contributed by atoms with E-state index in [1.54, 1.807) is 12.1 Å². The lowest BCUT2D eigenvalue weighted by Crippen LogP contribution is -2.01. The Morgan fingerprint density at radius 3 is 2.59 bits per heavy atom. The van der Waals surface area contributed by atoms with E-state index in [2.05, 4.69) is 12.2 Å². The van der Waals surface area contributed by atoms with Gasteiger partial charge in [0.2, 0.25) is 0 Å². The average Bonchev–Trinajstić information content (AvgIpc) is 2.69. The van der Waals surface area contributed by atoms with Crippen LogP contribution in [0, 0.1) is 10.1 Å². The predicted octanol–water partition coefficient (Wildman–Crippen LogP) is 4.72. The fraction of sp³-hybridized carbons (Fsp3) is 0.111. The van der Waals surface area contributed by atoms with Gasteiger partial charge >= 0.3 is 0 Å². The molecule has 0 saturated heterocycles. The molecule has 0 saturated carbocycles. The zero-order chi connectivity index (χ0) is 15.1. The molecule has 2 aromatic rings. The van der Waals surface area contributed by atoms with Gasteiger partial charge in [-0.3, -0.25) is 10.1 Å². The van der Waals surface area contributed by atoms with Crippen molar-refractivity contribution in [3.63, 3.8) is 0 Å². The van der Waals surface area contributed by atoms with Crippen LogP contribution in [0.3, 0.4) is 0 Å². The Morgan fingerprint density at radius 2 is 1.73 bits per heavy atom. The maximum absolute atomic E-state index is 11.5. The Bertz CT molecular complexity index is 849. The molecule has 22 heavy (non-hydrogen) atoms. The van der Waals surface area contributed by atoms with Gasteiger partial charge in [-0.05, 0) is 30.5 Å². The van der Waals surface area contributed by atoms with Crippen LogP contribution >= 0.6 is 0 Å². The lowest BCUT2D eigenvalue weighted by molar-refractivity contribution is -0.384. The number of fused-ring (bicyclic) bond motifs is 5. The van der Waals surface area contributed by atoms with Crippen LogP contribution in [0.2, 0.25) is 0 Å². The smallest absolute Gasteiger partial charge is 0.277 e. The molecule has 4 nitrogen and oxygen atoms in total. The first-order valence-corrected chi connectivity index (χ1v) is 7.21. The van der Waals surface area contributed by atoms with Gasteiger partial charge in [0, 0.05) is 17.2 Å². The molecule has 1 heterocycles. The van der Waals surface area contributed by atoms with Crippen LogP contribution in [0.1, 0.15) is 18.4 Å². The first kappa shape index (κ1) is 12.8. The third-order valence-electron chi connectivity index (χ3n) is 4.02. The van der Waals surface area contributed by atoms with Gasteiger partial charge in [-0.1, -0.05) is 36.4 Å². The van der Waals surface area contributed by atoms with Crippen molar-refractivity contribution in [1.29, 1.82) is 0 Å². The molecule has 0 spiro atoms. The van der Waals surface area contributed by atoms with E-state index in [1.165, 1.54) is 0 Å². The van der Waals surface area contributed by atoms with Crippen LogP contribution in [0.4, 0.5) is 5.69 Å². The average molecular weight is 291 g/mol. The van der Waals surface area contributed by atoms with Crippen molar-refractivity contribution in [2.75, 3.05) is 0 Å². The molecule has 1 aliphatic heterocycles. The number of hydrogen-bond acceptors (Lipinski definition) is 3. The van der Waals surface area contributed by atoms with Gasteiger partial charge in [-0.25, -0.2) is 0 Å². The molecule has 4 heteroatoms. The molecule has 0 atom stereocenters. The lowest BCUT2D eigenvalue weighted by Gasteiger charge is -2.15. The van der Waals surface area contributed by atoms with E-state index in [0.717, 1.165) is 35.3 Å². The standard InChI is InChI=1S/C18H13NO3/c20-19(21)15-9-5-8-13-12-6-1-3-10-16(12)22-17-11-4-2-7-14(17)18(13)15/h2,4-11H,1,3H2. The summed E-state index contributed by atoms with van der Waals surface area (Å²) in [5.41, 5.74) is 3.33. The Balaban J connectivity index is 2.12. The van der Waals surface area contributed by atoms with Crippen LogP contribution < -0.4 is 4.74 Å². The monoisotopic (exact) mass is 291 g/mol. The maximum Gasteiger partial charge on any atom is 0.277 e. The summed E-state index contributed by atoms with van der Waals surface area (Å²) in [5.74, 6) is 1.45. The van der Waals surface area contributed by atoms with Crippen LogP contribution in [0.25, 0.3) is 16.7 Å². The largest absolute Gasteiger partial charge is 0.456 e. The molecule has 0 radical (unpaired) electrons. The molecule has 0 bridgehead atoms. The van der Waals surface area contributed by atoms with Crippen LogP contribution in [0.15, 0.2) is 60.4 Å². The van der Waals surface area contributed by atoms with Crippen molar-refractivity contribution in [3.05, 3.63) is 76.1 Å². The predicted molar refractivity (Wildman–Crippen MR) is 84.5 cm³/mol. The van der Waals surface area contributed by atoms with Gasteiger partial charge in [0.1, 0.15) is 11.5 Å². The zero-order valence-corrected chi connectivity index (χ0v) is 11.8. The summed E-state index contributed by atoms with van der Waals surface area (Å²) >= 11 is 0. The topological polar surface area (TPSA) is 52.4 Å². The SMILES string of the molecule is O=[N+]([O-])c1cccc2c1-c1ccccc1OC1=CCCC=C12. The molecule has 0 aromatic heterocycles. The van der Waals surface area contributed by atoms with Crippen LogP contribution in [-0.2, 0) is 0 Å². The summed E-state index contributed by atoms with van der Waals surface area (Å²) in [6, 6.07) is 12.7. The van der Waals surface area contributed by atoms with E-state index >= 15 is 0 Å². The summed E-state index contributed by atoms with van der Waals surface area (Å²) in [6.07, 6.45) is 6.00.